The molecule has 0 aliphatic rings. The van der Waals surface area contributed by atoms with Crippen molar-refractivity contribution in [1.29, 1.82) is 0 Å². The predicted octanol–water partition coefficient (Wildman–Crippen LogP) is -0.333. The summed E-state index contributed by atoms with van der Waals surface area (Å²) in [4.78, 5) is 10.1. The Labute approximate surface area is 44.5 Å². The molecule has 0 saturated heterocycles. The average Bonchev–Trinajstić information content (AvgIpc) is 1.65. The van der Waals surface area contributed by atoms with Crippen LogP contribution in [0.15, 0.2) is 0 Å². The van der Waals surface area contributed by atoms with Gasteiger partial charge in [-0.05, 0) is 6.92 Å². The molecule has 0 aliphatic carbocycles. The maximum atomic E-state index is 10.1. The van der Waals surface area contributed by atoms with Crippen molar-refractivity contribution in [2.24, 2.45) is 5.73 Å². The molecule has 0 aromatic heterocycles. The molecule has 0 aromatic carbocycles. The van der Waals surface area contributed by atoms with Crippen molar-refractivity contribution in [3.05, 3.63) is 0 Å². The lowest BCUT2D eigenvalue weighted by atomic mass is 10.4. The van der Waals surface area contributed by atoms with E-state index in [4.69, 9.17) is 5.73 Å². The Bertz CT molecular complexity index is 73.3. The van der Waals surface area contributed by atoms with Crippen LogP contribution in [0.2, 0.25) is 0 Å². The molecule has 42 valence electrons. The molecule has 0 saturated carbocycles. The van der Waals surface area contributed by atoms with Crippen LogP contribution < -0.4 is 5.73 Å². The summed E-state index contributed by atoms with van der Waals surface area (Å²) in [7, 11) is 1.83. The zero-order valence-electron chi connectivity index (χ0n) is 4.05. The van der Waals surface area contributed by atoms with Crippen LogP contribution in [-0.4, -0.2) is 12.0 Å². The van der Waals surface area contributed by atoms with Crippen molar-refractivity contribution in [3.63, 3.8) is 0 Å². The van der Waals surface area contributed by atoms with Crippen LogP contribution in [0.5, 0.6) is 0 Å². The fraction of sp³-hybridized carbons (Fsp3) is 0.667. The van der Waals surface area contributed by atoms with Crippen LogP contribution in [0.3, 0.4) is 0 Å². The average molecular weight is 121 g/mol. The van der Waals surface area contributed by atoms with E-state index in [1.807, 2.05) is 9.47 Å². The van der Waals surface area contributed by atoms with E-state index in [2.05, 4.69) is 4.52 Å². The van der Waals surface area contributed by atoms with E-state index in [0.717, 1.165) is 0 Å². The number of rotatable bonds is 1. The van der Waals surface area contributed by atoms with Crippen molar-refractivity contribution in [3.8, 4) is 0 Å². The summed E-state index contributed by atoms with van der Waals surface area (Å²) >= 11 is 0. The molecule has 2 atom stereocenters. The van der Waals surface area contributed by atoms with Crippen LogP contribution in [0.4, 0.5) is 0 Å². The van der Waals surface area contributed by atoms with Crippen molar-refractivity contribution >= 4 is 15.4 Å². The molecule has 0 radical (unpaired) electrons. The number of carbonyl (C=O) groups is 1. The van der Waals surface area contributed by atoms with Gasteiger partial charge in [-0.2, -0.15) is 0 Å². The molecule has 0 bridgehead atoms. The highest BCUT2D eigenvalue weighted by atomic mass is 31.0. The SMILES string of the molecule is C[C@H](N)C(=O)OP. The summed E-state index contributed by atoms with van der Waals surface area (Å²) in [6.45, 7) is 1.56. The molecule has 7 heavy (non-hydrogen) atoms. The van der Waals surface area contributed by atoms with Gasteiger partial charge in [0.15, 0.2) is 0 Å². The van der Waals surface area contributed by atoms with Gasteiger partial charge in [-0.25, -0.2) is 0 Å². The third-order valence-electron chi connectivity index (χ3n) is 0.488. The molecular formula is C3H8NO2P. The zero-order chi connectivity index (χ0) is 5.86. The summed E-state index contributed by atoms with van der Waals surface area (Å²) in [5.74, 6) is -0.412. The first-order valence-electron chi connectivity index (χ1n) is 1.84. The van der Waals surface area contributed by atoms with E-state index in [-0.39, 0.29) is 0 Å². The smallest absolute Gasteiger partial charge is 0.324 e. The molecule has 4 heteroatoms. The highest BCUT2D eigenvalue weighted by Crippen LogP contribution is 1.88. The Hall–Kier alpha value is -0.140. The number of nitrogens with two attached hydrogens (primary N) is 1. The second-order valence-electron chi connectivity index (χ2n) is 1.23. The predicted molar refractivity (Wildman–Crippen MR) is 29.5 cm³/mol. The second-order valence-corrected chi connectivity index (χ2v) is 1.46. The highest BCUT2D eigenvalue weighted by Gasteiger charge is 2.03. The molecule has 3 nitrogen and oxygen atoms in total. The van der Waals surface area contributed by atoms with Crippen LogP contribution in [0.25, 0.3) is 0 Å². The molecule has 0 aliphatic heterocycles. The van der Waals surface area contributed by atoms with E-state index in [0.29, 0.717) is 0 Å². The largest absolute Gasteiger partial charge is 0.450 e. The van der Waals surface area contributed by atoms with Crippen LogP contribution in [-0.2, 0) is 9.32 Å². The summed E-state index contributed by atoms with van der Waals surface area (Å²) in [6.07, 6.45) is 0. The Balaban J connectivity index is 3.35. The second kappa shape index (κ2) is 2.94. The molecule has 0 rings (SSSR count). The summed E-state index contributed by atoms with van der Waals surface area (Å²) in [6, 6.07) is -0.516. The van der Waals surface area contributed by atoms with E-state index in [9.17, 15) is 4.79 Å². The summed E-state index contributed by atoms with van der Waals surface area (Å²) < 4.78 is 4.16. The third kappa shape index (κ3) is 2.54. The lowest BCUT2D eigenvalue weighted by molar-refractivity contribution is -0.134. The standard InChI is InChI=1S/C3H8NO2P/c1-2(4)3(5)6-7/h2H,4,7H2,1H3/t2-/m0/s1. The normalized spacial score (nSPS) is 13.0. The molecule has 0 heterocycles. The van der Waals surface area contributed by atoms with Gasteiger partial charge in [-0.3, -0.25) is 4.79 Å². The van der Waals surface area contributed by atoms with Crippen LogP contribution in [0.1, 0.15) is 6.92 Å². The fourth-order valence-corrected chi connectivity index (χ4v) is 0.322. The van der Waals surface area contributed by atoms with Crippen LogP contribution in [0, 0.1) is 0 Å². The summed E-state index contributed by atoms with van der Waals surface area (Å²) in [5.41, 5.74) is 5.06. The van der Waals surface area contributed by atoms with Gasteiger partial charge in [0, 0.05) is 0 Å². The monoisotopic (exact) mass is 121 g/mol. The van der Waals surface area contributed by atoms with Gasteiger partial charge in [-0.15, -0.1) is 0 Å². The first-order valence-corrected chi connectivity index (χ1v) is 2.31. The minimum atomic E-state index is -0.516. The van der Waals surface area contributed by atoms with Crippen molar-refractivity contribution in [1.82, 2.24) is 0 Å². The third-order valence-corrected chi connectivity index (χ3v) is 0.720. The van der Waals surface area contributed by atoms with Crippen molar-refractivity contribution in [2.75, 3.05) is 0 Å². The number of hydrogen-bond donors (Lipinski definition) is 1. The Morgan fingerprint density at radius 3 is 2.43 bits per heavy atom. The Kier molecular flexibility index (Phi) is 2.88. The van der Waals surface area contributed by atoms with Gasteiger partial charge in [0.2, 0.25) is 0 Å². The van der Waals surface area contributed by atoms with Gasteiger partial charge in [-0.1, -0.05) is 0 Å². The fourth-order valence-electron chi connectivity index (χ4n) is 0.107. The number of hydrogen-bond acceptors (Lipinski definition) is 3. The van der Waals surface area contributed by atoms with Gasteiger partial charge in [0.05, 0.1) is 9.47 Å². The van der Waals surface area contributed by atoms with Crippen molar-refractivity contribution < 1.29 is 9.32 Å². The maximum absolute atomic E-state index is 10.1. The van der Waals surface area contributed by atoms with Gasteiger partial charge >= 0.3 is 5.97 Å². The Morgan fingerprint density at radius 2 is 2.43 bits per heavy atom. The van der Waals surface area contributed by atoms with Crippen LogP contribution >= 0.6 is 9.47 Å². The first kappa shape index (κ1) is 6.86. The summed E-state index contributed by atoms with van der Waals surface area (Å²) in [5, 5.41) is 0. The quantitative estimate of drug-likeness (QED) is 0.483. The van der Waals surface area contributed by atoms with Gasteiger partial charge in [0.25, 0.3) is 0 Å². The molecule has 0 spiro atoms. The van der Waals surface area contributed by atoms with E-state index in [1.165, 1.54) is 0 Å². The van der Waals surface area contributed by atoms with Gasteiger partial charge in [0.1, 0.15) is 6.04 Å². The molecule has 1 unspecified atom stereocenters. The van der Waals surface area contributed by atoms with E-state index in [1.54, 1.807) is 6.92 Å². The lowest BCUT2D eigenvalue weighted by Crippen LogP contribution is -2.26. The lowest BCUT2D eigenvalue weighted by Gasteiger charge is -1.98. The molecule has 2 N–H and O–H groups in total. The topological polar surface area (TPSA) is 52.3 Å². The molecule has 0 aromatic rings. The minimum Gasteiger partial charge on any atom is -0.450 e. The van der Waals surface area contributed by atoms with E-state index < -0.39 is 12.0 Å². The maximum Gasteiger partial charge on any atom is 0.324 e. The Morgan fingerprint density at radius 1 is 2.00 bits per heavy atom. The minimum absolute atomic E-state index is 0.412. The zero-order valence-corrected chi connectivity index (χ0v) is 5.20. The number of carbonyl (C=O) groups excluding carboxylic acids is 1. The van der Waals surface area contributed by atoms with Crippen molar-refractivity contribution in [2.45, 2.75) is 13.0 Å². The highest BCUT2D eigenvalue weighted by molar-refractivity contribution is 7.10. The molecular weight excluding hydrogens is 113 g/mol. The van der Waals surface area contributed by atoms with E-state index >= 15 is 0 Å². The van der Waals surface area contributed by atoms with Gasteiger partial charge < -0.3 is 10.3 Å². The molecule has 0 amide bonds. The first-order chi connectivity index (χ1) is 3.18. The molecule has 0 fully saturated rings.